The molecule has 0 amide bonds. The molecule has 2 aromatic heterocycles. The zero-order chi connectivity index (χ0) is 10.1. The highest BCUT2D eigenvalue weighted by molar-refractivity contribution is 5.74. The summed E-state index contributed by atoms with van der Waals surface area (Å²) >= 11 is 0. The van der Waals surface area contributed by atoms with Gasteiger partial charge in [0.15, 0.2) is 5.65 Å². The van der Waals surface area contributed by atoms with Crippen LogP contribution in [0.25, 0.3) is 11.2 Å². The smallest absolute Gasteiger partial charge is 0.227 e. The first-order chi connectivity index (χ1) is 6.72. The van der Waals surface area contributed by atoms with Crippen LogP contribution in [0, 0.1) is 0 Å². The van der Waals surface area contributed by atoms with E-state index in [1.54, 1.807) is 6.33 Å². The quantitative estimate of drug-likeness (QED) is 0.768. The average molecular weight is 191 g/mol. The second-order valence-corrected chi connectivity index (χ2v) is 3.32. The van der Waals surface area contributed by atoms with Gasteiger partial charge in [-0.1, -0.05) is 6.92 Å². The van der Waals surface area contributed by atoms with Gasteiger partial charge in [0.2, 0.25) is 5.95 Å². The standard InChI is InChI=1S/C9H13N5/c1-4-6-7-8(11-5-10-7)13-9(12-6)14(2)3/h5H,4H2,1-3H3,(H,10,11,12,13). The molecule has 0 fully saturated rings. The van der Waals surface area contributed by atoms with Crippen LogP contribution < -0.4 is 4.90 Å². The summed E-state index contributed by atoms with van der Waals surface area (Å²) in [5.41, 5.74) is 2.69. The average Bonchev–Trinajstić information content (AvgIpc) is 2.63. The molecule has 14 heavy (non-hydrogen) atoms. The van der Waals surface area contributed by atoms with Crippen molar-refractivity contribution in [2.24, 2.45) is 0 Å². The summed E-state index contributed by atoms with van der Waals surface area (Å²) in [5.74, 6) is 0.710. The molecular weight excluding hydrogens is 178 g/mol. The summed E-state index contributed by atoms with van der Waals surface area (Å²) in [4.78, 5) is 17.8. The Morgan fingerprint density at radius 3 is 2.79 bits per heavy atom. The van der Waals surface area contributed by atoms with Crippen molar-refractivity contribution in [2.75, 3.05) is 19.0 Å². The molecule has 0 aliphatic carbocycles. The van der Waals surface area contributed by atoms with Crippen molar-refractivity contribution in [3.8, 4) is 0 Å². The third-order valence-electron chi connectivity index (χ3n) is 2.08. The topological polar surface area (TPSA) is 57.7 Å². The minimum absolute atomic E-state index is 0.710. The first-order valence-electron chi connectivity index (χ1n) is 4.59. The van der Waals surface area contributed by atoms with E-state index in [-0.39, 0.29) is 0 Å². The first kappa shape index (κ1) is 8.93. The molecule has 0 spiro atoms. The van der Waals surface area contributed by atoms with Crippen LogP contribution in [0.2, 0.25) is 0 Å². The van der Waals surface area contributed by atoms with Crippen LogP contribution in [-0.2, 0) is 6.42 Å². The summed E-state index contributed by atoms with van der Waals surface area (Å²) in [6.07, 6.45) is 2.53. The Morgan fingerprint density at radius 2 is 2.14 bits per heavy atom. The number of nitrogens with zero attached hydrogens (tertiary/aromatic N) is 4. The second-order valence-electron chi connectivity index (χ2n) is 3.32. The van der Waals surface area contributed by atoms with Crippen LogP contribution in [0.5, 0.6) is 0 Å². The highest BCUT2D eigenvalue weighted by Gasteiger charge is 2.08. The monoisotopic (exact) mass is 191 g/mol. The number of anilines is 1. The van der Waals surface area contributed by atoms with Crippen LogP contribution in [0.4, 0.5) is 5.95 Å². The number of H-pyrrole nitrogens is 1. The van der Waals surface area contributed by atoms with Gasteiger partial charge in [0.05, 0.1) is 12.0 Å². The minimum Gasteiger partial charge on any atom is -0.347 e. The van der Waals surface area contributed by atoms with Crippen molar-refractivity contribution in [2.45, 2.75) is 13.3 Å². The first-order valence-corrected chi connectivity index (χ1v) is 4.59. The number of aromatic amines is 1. The molecule has 2 rings (SSSR count). The van der Waals surface area contributed by atoms with Gasteiger partial charge in [-0.2, -0.15) is 4.98 Å². The molecule has 0 aliphatic rings. The third-order valence-corrected chi connectivity index (χ3v) is 2.08. The van der Waals surface area contributed by atoms with Gasteiger partial charge < -0.3 is 9.88 Å². The van der Waals surface area contributed by atoms with Crippen molar-refractivity contribution in [1.29, 1.82) is 0 Å². The lowest BCUT2D eigenvalue weighted by Gasteiger charge is -2.10. The summed E-state index contributed by atoms with van der Waals surface area (Å²) in [6.45, 7) is 2.07. The molecule has 0 radical (unpaired) electrons. The number of nitrogens with one attached hydrogen (secondary N) is 1. The van der Waals surface area contributed by atoms with Crippen LogP contribution >= 0.6 is 0 Å². The number of aromatic nitrogens is 4. The zero-order valence-electron chi connectivity index (χ0n) is 8.57. The van der Waals surface area contributed by atoms with Crippen LogP contribution in [0.3, 0.4) is 0 Å². The SMILES string of the molecule is CCc1nc(N(C)C)nc2nc[nH]c12. The third kappa shape index (κ3) is 1.30. The maximum Gasteiger partial charge on any atom is 0.227 e. The number of imidazole rings is 1. The van der Waals surface area contributed by atoms with Gasteiger partial charge in [-0.05, 0) is 6.42 Å². The van der Waals surface area contributed by atoms with Crippen molar-refractivity contribution in [1.82, 2.24) is 19.9 Å². The molecule has 2 heterocycles. The van der Waals surface area contributed by atoms with Crippen molar-refractivity contribution >= 4 is 17.1 Å². The van der Waals surface area contributed by atoms with E-state index in [0.717, 1.165) is 23.3 Å². The van der Waals surface area contributed by atoms with E-state index in [2.05, 4.69) is 26.9 Å². The zero-order valence-corrected chi connectivity index (χ0v) is 8.57. The van der Waals surface area contributed by atoms with Gasteiger partial charge in [0.1, 0.15) is 5.52 Å². The van der Waals surface area contributed by atoms with Crippen LogP contribution in [0.15, 0.2) is 6.33 Å². The highest BCUT2D eigenvalue weighted by Crippen LogP contribution is 2.15. The van der Waals surface area contributed by atoms with Gasteiger partial charge in [0, 0.05) is 14.1 Å². The molecule has 0 saturated heterocycles. The lowest BCUT2D eigenvalue weighted by Crippen LogP contribution is -2.13. The molecule has 0 atom stereocenters. The van der Waals surface area contributed by atoms with Crippen molar-refractivity contribution in [3.63, 3.8) is 0 Å². The van der Waals surface area contributed by atoms with E-state index in [9.17, 15) is 0 Å². The minimum atomic E-state index is 0.710. The summed E-state index contributed by atoms with van der Waals surface area (Å²) in [6, 6.07) is 0. The lowest BCUT2D eigenvalue weighted by atomic mass is 10.3. The fourth-order valence-electron chi connectivity index (χ4n) is 1.34. The largest absolute Gasteiger partial charge is 0.347 e. The van der Waals surface area contributed by atoms with Gasteiger partial charge in [-0.3, -0.25) is 0 Å². The highest BCUT2D eigenvalue weighted by atomic mass is 15.2. The molecule has 0 saturated carbocycles. The number of rotatable bonds is 2. The van der Waals surface area contributed by atoms with Gasteiger partial charge in [-0.15, -0.1) is 0 Å². The fourth-order valence-corrected chi connectivity index (χ4v) is 1.34. The van der Waals surface area contributed by atoms with Crippen molar-refractivity contribution in [3.05, 3.63) is 12.0 Å². The van der Waals surface area contributed by atoms with Crippen molar-refractivity contribution < 1.29 is 0 Å². The molecule has 0 aromatic carbocycles. The second kappa shape index (κ2) is 3.25. The Labute approximate surface area is 82.2 Å². The number of hydrogen-bond donors (Lipinski definition) is 1. The van der Waals surface area contributed by atoms with E-state index < -0.39 is 0 Å². The van der Waals surface area contributed by atoms with Gasteiger partial charge in [0.25, 0.3) is 0 Å². The summed E-state index contributed by atoms with van der Waals surface area (Å²) in [7, 11) is 3.85. The fraction of sp³-hybridized carbons (Fsp3) is 0.444. The number of fused-ring (bicyclic) bond motifs is 1. The Bertz CT molecular complexity index is 445. The molecule has 0 bridgehead atoms. The Hall–Kier alpha value is -1.65. The molecule has 74 valence electrons. The Balaban J connectivity index is 2.67. The lowest BCUT2D eigenvalue weighted by molar-refractivity contribution is 0.958. The predicted molar refractivity (Wildman–Crippen MR) is 55.4 cm³/mol. The van der Waals surface area contributed by atoms with Gasteiger partial charge in [-0.25, -0.2) is 9.97 Å². The van der Waals surface area contributed by atoms with E-state index in [1.165, 1.54) is 0 Å². The maximum atomic E-state index is 4.43. The normalized spacial score (nSPS) is 10.8. The summed E-state index contributed by atoms with van der Waals surface area (Å²) in [5, 5.41) is 0. The Kier molecular flexibility index (Phi) is 2.07. The van der Waals surface area contributed by atoms with Gasteiger partial charge >= 0.3 is 0 Å². The van der Waals surface area contributed by atoms with Crippen LogP contribution in [0.1, 0.15) is 12.6 Å². The summed E-state index contributed by atoms with van der Waals surface area (Å²) < 4.78 is 0. The molecule has 0 aliphatic heterocycles. The van der Waals surface area contributed by atoms with Crippen LogP contribution in [-0.4, -0.2) is 34.0 Å². The molecular formula is C9H13N5. The van der Waals surface area contributed by atoms with E-state index >= 15 is 0 Å². The molecule has 2 aromatic rings. The molecule has 0 unspecified atom stereocenters. The van der Waals surface area contributed by atoms with E-state index in [0.29, 0.717) is 5.95 Å². The molecule has 1 N–H and O–H groups in total. The predicted octanol–water partition coefficient (Wildman–Crippen LogP) is 0.981. The van der Waals surface area contributed by atoms with E-state index in [1.807, 2.05) is 19.0 Å². The molecule has 5 heteroatoms. The van der Waals surface area contributed by atoms with E-state index in [4.69, 9.17) is 0 Å². The number of hydrogen-bond acceptors (Lipinski definition) is 4. The molecule has 5 nitrogen and oxygen atoms in total. The maximum absolute atomic E-state index is 4.43. The Morgan fingerprint density at radius 1 is 1.36 bits per heavy atom. The number of aryl methyl sites for hydroxylation is 1.